The van der Waals surface area contributed by atoms with Gasteiger partial charge in [0.2, 0.25) is 0 Å². The van der Waals surface area contributed by atoms with Gasteiger partial charge in [-0.1, -0.05) is 13.3 Å². The number of amides is 1. The van der Waals surface area contributed by atoms with E-state index >= 15 is 0 Å². The average Bonchev–Trinajstić information content (AvgIpc) is 2.48. The highest BCUT2D eigenvalue weighted by Crippen LogP contribution is 2.22. The fourth-order valence-corrected chi connectivity index (χ4v) is 3.36. The molecule has 0 bridgehead atoms. The van der Waals surface area contributed by atoms with Crippen LogP contribution in [0.3, 0.4) is 0 Å². The van der Waals surface area contributed by atoms with Crippen LogP contribution in [0.15, 0.2) is 28.3 Å². The highest BCUT2D eigenvalue weighted by Gasteiger charge is 2.37. The third-order valence-electron chi connectivity index (χ3n) is 3.53. The lowest BCUT2D eigenvalue weighted by molar-refractivity contribution is -0.158. The van der Waals surface area contributed by atoms with Crippen LogP contribution in [0, 0.1) is 0 Å². The van der Waals surface area contributed by atoms with Crippen molar-refractivity contribution in [3.8, 4) is 0 Å². The summed E-state index contributed by atoms with van der Waals surface area (Å²) in [6.07, 6.45) is 0.851. The normalized spacial score (nSPS) is 19.4. The van der Waals surface area contributed by atoms with Gasteiger partial charge >= 0.3 is 6.18 Å². The molecule has 0 aliphatic carbocycles. The van der Waals surface area contributed by atoms with Gasteiger partial charge in [-0.3, -0.25) is 4.79 Å². The van der Waals surface area contributed by atoms with Gasteiger partial charge in [0, 0.05) is 19.3 Å². The zero-order valence-electron chi connectivity index (χ0n) is 13.1. The Morgan fingerprint density at radius 3 is 2.75 bits per heavy atom. The van der Waals surface area contributed by atoms with Crippen LogP contribution in [-0.4, -0.2) is 61.5 Å². The summed E-state index contributed by atoms with van der Waals surface area (Å²) < 4.78 is 65.2. The van der Waals surface area contributed by atoms with Crippen molar-refractivity contribution in [3.63, 3.8) is 0 Å². The van der Waals surface area contributed by atoms with Crippen molar-refractivity contribution < 1.29 is 26.4 Å². The van der Waals surface area contributed by atoms with Crippen LogP contribution in [0.4, 0.5) is 13.2 Å². The third kappa shape index (κ3) is 4.59. The highest BCUT2D eigenvalue weighted by atomic mass is 32.2. The van der Waals surface area contributed by atoms with Crippen molar-refractivity contribution in [1.82, 2.24) is 9.80 Å². The fourth-order valence-electron chi connectivity index (χ4n) is 2.37. The highest BCUT2D eigenvalue weighted by molar-refractivity contribution is 7.90. The van der Waals surface area contributed by atoms with Crippen LogP contribution in [0.1, 0.15) is 19.8 Å². The molecule has 2 rings (SSSR count). The summed E-state index contributed by atoms with van der Waals surface area (Å²) in [7, 11) is -3.72. The van der Waals surface area contributed by atoms with E-state index in [1.54, 1.807) is 13.1 Å². The number of amidine groups is 1. The Morgan fingerprint density at radius 1 is 1.42 bits per heavy atom. The number of unbranched alkanes of at least 4 members (excludes halogenated alkanes) is 1. The Bertz CT molecular complexity index is 696. The molecule has 0 aromatic heterocycles. The van der Waals surface area contributed by atoms with Crippen LogP contribution in [-0.2, 0) is 14.8 Å². The summed E-state index contributed by atoms with van der Waals surface area (Å²) in [4.78, 5) is 14.7. The van der Waals surface area contributed by atoms with Gasteiger partial charge in [0.25, 0.3) is 15.9 Å². The zero-order chi connectivity index (χ0) is 18.0. The molecule has 24 heavy (non-hydrogen) atoms. The number of hydrogen-bond acceptors (Lipinski definition) is 4. The number of hydrogen-bond donors (Lipinski definition) is 0. The Balaban J connectivity index is 2.32. The first-order valence-corrected chi connectivity index (χ1v) is 9.08. The predicted molar refractivity (Wildman–Crippen MR) is 82.7 cm³/mol. The van der Waals surface area contributed by atoms with E-state index in [1.165, 1.54) is 17.1 Å². The molecule has 0 saturated carbocycles. The lowest BCUT2D eigenvalue weighted by Gasteiger charge is -2.31. The molecule has 10 heteroatoms. The lowest BCUT2D eigenvalue weighted by atomic mass is 10.1. The van der Waals surface area contributed by atoms with E-state index in [9.17, 15) is 26.4 Å². The van der Waals surface area contributed by atoms with Gasteiger partial charge in [0.15, 0.2) is 5.84 Å². The van der Waals surface area contributed by atoms with E-state index in [-0.39, 0.29) is 30.3 Å². The van der Waals surface area contributed by atoms with E-state index in [0.717, 1.165) is 0 Å². The summed E-state index contributed by atoms with van der Waals surface area (Å²) in [5.41, 5.74) is -0.138. The summed E-state index contributed by atoms with van der Waals surface area (Å²) in [6, 6.07) is 0. The molecule has 0 fully saturated rings. The standard InChI is InChI=1S/C14H18F3N3O3S/c1-2-3-6-20(10-14(15,16)17)13(21)11-5-4-7-19-8-9-24(22,23)18-12(11)19/h4-5,7H,2-3,6,8-10H2,1H3. The number of rotatable bonds is 5. The van der Waals surface area contributed by atoms with Crippen LogP contribution < -0.4 is 0 Å². The van der Waals surface area contributed by atoms with Gasteiger partial charge < -0.3 is 9.80 Å². The van der Waals surface area contributed by atoms with Gasteiger partial charge in [0.05, 0.1) is 11.3 Å². The van der Waals surface area contributed by atoms with E-state index in [0.29, 0.717) is 17.7 Å². The monoisotopic (exact) mass is 365 g/mol. The van der Waals surface area contributed by atoms with Crippen molar-refractivity contribution >= 4 is 21.8 Å². The van der Waals surface area contributed by atoms with Gasteiger partial charge in [-0.25, -0.2) is 8.42 Å². The lowest BCUT2D eigenvalue weighted by Crippen LogP contribution is -2.46. The molecular formula is C14H18F3N3O3S. The van der Waals surface area contributed by atoms with Crippen LogP contribution >= 0.6 is 0 Å². The summed E-state index contributed by atoms with van der Waals surface area (Å²) in [5.74, 6) is -1.19. The fraction of sp³-hybridized carbons (Fsp3) is 0.571. The van der Waals surface area contributed by atoms with Crippen molar-refractivity contribution in [2.24, 2.45) is 4.40 Å². The second-order valence-electron chi connectivity index (χ2n) is 5.51. The molecule has 0 unspecified atom stereocenters. The molecule has 0 atom stereocenters. The molecule has 0 aromatic carbocycles. The van der Waals surface area contributed by atoms with Crippen molar-refractivity contribution in [2.45, 2.75) is 25.9 Å². The van der Waals surface area contributed by atoms with Crippen molar-refractivity contribution in [2.75, 3.05) is 25.4 Å². The second kappa shape index (κ2) is 6.96. The molecule has 6 nitrogen and oxygen atoms in total. The Kier molecular flexibility index (Phi) is 5.36. The van der Waals surface area contributed by atoms with Gasteiger partial charge in [-0.15, -0.1) is 4.40 Å². The van der Waals surface area contributed by atoms with Crippen LogP contribution in [0.5, 0.6) is 0 Å². The van der Waals surface area contributed by atoms with E-state index in [1.807, 2.05) is 0 Å². The number of nitrogens with zero attached hydrogens (tertiary/aromatic N) is 3. The maximum atomic E-state index is 12.8. The Hall–Kier alpha value is -1.84. The maximum absolute atomic E-state index is 12.8. The minimum atomic E-state index is -4.53. The number of allylic oxidation sites excluding steroid dienone is 2. The van der Waals surface area contributed by atoms with Crippen LogP contribution in [0.2, 0.25) is 0 Å². The Morgan fingerprint density at radius 2 is 2.12 bits per heavy atom. The second-order valence-corrected chi connectivity index (χ2v) is 7.27. The number of sulfonamides is 1. The number of halogens is 3. The molecule has 0 aromatic rings. The molecule has 2 aliphatic rings. The van der Waals surface area contributed by atoms with Gasteiger partial charge in [0.1, 0.15) is 6.54 Å². The van der Waals surface area contributed by atoms with Gasteiger partial charge in [-0.2, -0.15) is 13.2 Å². The number of fused-ring (bicyclic) bond motifs is 1. The third-order valence-corrected chi connectivity index (χ3v) is 4.68. The maximum Gasteiger partial charge on any atom is 0.406 e. The molecule has 0 saturated heterocycles. The largest absolute Gasteiger partial charge is 0.406 e. The smallest absolute Gasteiger partial charge is 0.331 e. The molecular weight excluding hydrogens is 347 g/mol. The topological polar surface area (TPSA) is 70.1 Å². The Labute approximate surface area is 138 Å². The average molecular weight is 365 g/mol. The number of carbonyl (C=O) groups is 1. The minimum absolute atomic E-state index is 0.0596. The number of carbonyl (C=O) groups excluding carboxylic acids is 1. The van der Waals surface area contributed by atoms with E-state index in [4.69, 9.17) is 0 Å². The number of alkyl halides is 3. The van der Waals surface area contributed by atoms with Crippen molar-refractivity contribution in [3.05, 3.63) is 23.9 Å². The molecule has 0 radical (unpaired) electrons. The minimum Gasteiger partial charge on any atom is -0.331 e. The summed E-state index contributed by atoms with van der Waals surface area (Å²) >= 11 is 0. The first-order valence-electron chi connectivity index (χ1n) is 7.47. The van der Waals surface area contributed by atoms with Crippen molar-refractivity contribution in [1.29, 1.82) is 0 Å². The molecule has 2 heterocycles. The molecule has 2 aliphatic heterocycles. The quantitative estimate of drug-likeness (QED) is 0.743. The van der Waals surface area contributed by atoms with E-state index in [2.05, 4.69) is 4.40 Å². The predicted octanol–water partition coefficient (Wildman–Crippen LogP) is 1.68. The first-order chi connectivity index (χ1) is 11.1. The molecule has 0 N–H and O–H groups in total. The summed E-state index contributed by atoms with van der Waals surface area (Å²) in [5, 5.41) is 0. The molecule has 0 spiro atoms. The molecule has 1 amide bonds. The van der Waals surface area contributed by atoms with Crippen LogP contribution in [0.25, 0.3) is 0 Å². The molecule has 134 valence electrons. The summed E-state index contributed by atoms with van der Waals surface area (Å²) in [6.45, 7) is 0.470. The first kappa shape index (κ1) is 18.5. The SMILES string of the molecule is CCCCN(CC(F)(F)F)C(=O)C1=CC=CN2CCS(=O)(=O)N=C12. The zero-order valence-corrected chi connectivity index (χ0v) is 13.9. The van der Waals surface area contributed by atoms with Gasteiger partial charge in [-0.05, 0) is 18.6 Å². The van der Waals surface area contributed by atoms with E-state index < -0.39 is 28.7 Å².